The number of aromatic nitrogens is 3. The summed E-state index contributed by atoms with van der Waals surface area (Å²) in [7, 11) is 0. The number of nitrogens with one attached hydrogen (secondary N) is 3. The number of hydrazine groups is 2. The zero-order valence-electron chi connectivity index (χ0n) is 5.00. The van der Waals surface area contributed by atoms with Crippen LogP contribution in [0.15, 0.2) is 12.4 Å². The van der Waals surface area contributed by atoms with Crippen LogP contribution in [0, 0.1) is 6.33 Å². The second-order valence-corrected chi connectivity index (χ2v) is 1.70. The summed E-state index contributed by atoms with van der Waals surface area (Å²) in [5.41, 5.74) is 5.53. The van der Waals surface area contributed by atoms with Crippen LogP contribution in [-0.2, 0) is 0 Å². The SMILES string of the molecule is [c]1nnc(N2C=CNN2)[nH]1. The molecule has 3 N–H and O–H groups in total. The highest BCUT2D eigenvalue weighted by atomic mass is 15.7. The molecular formula is C4H5N6. The first-order valence-corrected chi connectivity index (χ1v) is 2.72. The van der Waals surface area contributed by atoms with E-state index in [1.54, 1.807) is 17.4 Å². The number of hydrogen-bond donors (Lipinski definition) is 3. The first-order valence-electron chi connectivity index (χ1n) is 2.72. The van der Waals surface area contributed by atoms with Crippen molar-refractivity contribution in [2.75, 3.05) is 5.01 Å². The zero-order chi connectivity index (χ0) is 6.81. The Hall–Kier alpha value is -1.56. The largest absolute Gasteiger partial charge is 0.309 e. The van der Waals surface area contributed by atoms with E-state index in [-0.39, 0.29) is 0 Å². The van der Waals surface area contributed by atoms with E-state index in [2.05, 4.69) is 32.5 Å². The molecule has 0 atom stereocenters. The lowest BCUT2D eigenvalue weighted by atomic mass is 10.8. The van der Waals surface area contributed by atoms with Crippen molar-refractivity contribution in [3.8, 4) is 0 Å². The van der Waals surface area contributed by atoms with Gasteiger partial charge in [0.25, 0.3) is 0 Å². The molecule has 6 nitrogen and oxygen atoms in total. The number of anilines is 1. The van der Waals surface area contributed by atoms with Crippen LogP contribution >= 0.6 is 0 Å². The molecule has 51 valence electrons. The molecule has 0 aliphatic carbocycles. The molecule has 10 heavy (non-hydrogen) atoms. The van der Waals surface area contributed by atoms with Gasteiger partial charge in [0.2, 0.25) is 12.3 Å². The average Bonchev–Trinajstić information content (AvgIpc) is 2.59. The minimum absolute atomic E-state index is 0.598. The van der Waals surface area contributed by atoms with Gasteiger partial charge in [-0.25, -0.2) is 5.01 Å². The summed E-state index contributed by atoms with van der Waals surface area (Å²) in [6, 6.07) is 0. The fourth-order valence-electron chi connectivity index (χ4n) is 0.660. The van der Waals surface area contributed by atoms with Crippen molar-refractivity contribution in [1.29, 1.82) is 0 Å². The molecule has 0 spiro atoms. The molecule has 0 fully saturated rings. The number of H-pyrrole nitrogens is 1. The van der Waals surface area contributed by atoms with Crippen molar-refractivity contribution >= 4 is 5.95 Å². The minimum atomic E-state index is 0.598. The minimum Gasteiger partial charge on any atom is -0.309 e. The molecule has 1 radical (unpaired) electrons. The summed E-state index contributed by atoms with van der Waals surface area (Å²) in [4.78, 5) is 2.70. The lowest BCUT2D eigenvalue weighted by Gasteiger charge is -2.09. The molecule has 0 amide bonds. The average molecular weight is 137 g/mol. The third kappa shape index (κ3) is 0.705. The predicted octanol–water partition coefficient (Wildman–Crippen LogP) is -1.09. The van der Waals surface area contributed by atoms with Gasteiger partial charge in [-0.2, -0.15) is 0 Å². The summed E-state index contributed by atoms with van der Waals surface area (Å²) < 4.78 is 0. The van der Waals surface area contributed by atoms with Gasteiger partial charge in [-0.1, -0.05) is 0 Å². The fraction of sp³-hybridized carbons (Fsp3) is 0. The van der Waals surface area contributed by atoms with E-state index < -0.39 is 0 Å². The Morgan fingerprint density at radius 2 is 2.60 bits per heavy atom. The van der Waals surface area contributed by atoms with Gasteiger partial charge in [-0.15, -0.1) is 15.7 Å². The Labute approximate surface area is 56.9 Å². The Balaban J connectivity index is 2.20. The van der Waals surface area contributed by atoms with Crippen LogP contribution in [0.1, 0.15) is 0 Å². The van der Waals surface area contributed by atoms with E-state index in [0.29, 0.717) is 5.95 Å². The highest BCUT2D eigenvalue weighted by molar-refractivity contribution is 5.31. The summed E-state index contributed by atoms with van der Waals surface area (Å²) in [6.07, 6.45) is 5.99. The van der Waals surface area contributed by atoms with Gasteiger partial charge in [0.1, 0.15) is 0 Å². The van der Waals surface area contributed by atoms with E-state index in [1.165, 1.54) is 0 Å². The number of rotatable bonds is 1. The maximum Gasteiger partial charge on any atom is 0.245 e. The summed E-state index contributed by atoms with van der Waals surface area (Å²) >= 11 is 0. The highest BCUT2D eigenvalue weighted by Gasteiger charge is 2.07. The van der Waals surface area contributed by atoms with E-state index >= 15 is 0 Å². The molecule has 2 heterocycles. The monoisotopic (exact) mass is 137 g/mol. The molecule has 2 rings (SSSR count). The van der Waals surface area contributed by atoms with E-state index in [0.717, 1.165) is 0 Å². The van der Waals surface area contributed by atoms with Crippen LogP contribution < -0.4 is 16.0 Å². The van der Waals surface area contributed by atoms with Crippen LogP contribution in [0.5, 0.6) is 0 Å². The highest BCUT2D eigenvalue weighted by Crippen LogP contribution is 2.01. The van der Waals surface area contributed by atoms with Crippen LogP contribution in [-0.4, -0.2) is 15.2 Å². The first-order chi connectivity index (χ1) is 4.97. The van der Waals surface area contributed by atoms with E-state index in [1.807, 2.05) is 0 Å². The fourth-order valence-corrected chi connectivity index (χ4v) is 0.660. The third-order valence-corrected chi connectivity index (χ3v) is 1.08. The molecule has 1 aliphatic heterocycles. The van der Waals surface area contributed by atoms with Gasteiger partial charge in [-0.05, 0) is 0 Å². The third-order valence-electron chi connectivity index (χ3n) is 1.08. The summed E-state index contributed by atoms with van der Waals surface area (Å²) in [6.45, 7) is 0. The van der Waals surface area contributed by atoms with Crippen molar-refractivity contribution in [1.82, 2.24) is 26.1 Å². The zero-order valence-corrected chi connectivity index (χ0v) is 5.00. The van der Waals surface area contributed by atoms with Crippen molar-refractivity contribution in [3.05, 3.63) is 18.7 Å². The van der Waals surface area contributed by atoms with Crippen LogP contribution in [0.3, 0.4) is 0 Å². The lowest BCUT2D eigenvalue weighted by molar-refractivity contribution is 0.666. The number of nitrogens with zero attached hydrogens (tertiary/aromatic N) is 3. The smallest absolute Gasteiger partial charge is 0.245 e. The number of hydrogen-bond acceptors (Lipinski definition) is 5. The Kier molecular flexibility index (Phi) is 1.05. The summed E-state index contributed by atoms with van der Waals surface area (Å²) in [5, 5.41) is 8.84. The molecular weight excluding hydrogens is 132 g/mol. The van der Waals surface area contributed by atoms with E-state index in [4.69, 9.17) is 0 Å². The Bertz CT molecular complexity index is 226. The predicted molar refractivity (Wildman–Crippen MR) is 33.1 cm³/mol. The molecule has 0 saturated heterocycles. The van der Waals surface area contributed by atoms with Crippen LogP contribution in [0.4, 0.5) is 5.95 Å². The quantitative estimate of drug-likeness (QED) is 0.458. The van der Waals surface area contributed by atoms with Crippen LogP contribution in [0.2, 0.25) is 0 Å². The molecule has 0 bridgehead atoms. The maximum absolute atomic E-state index is 3.71. The second kappa shape index (κ2) is 1.99. The summed E-state index contributed by atoms with van der Waals surface area (Å²) in [5.74, 6) is 0.598. The first kappa shape index (κ1) is 5.24. The van der Waals surface area contributed by atoms with Gasteiger partial charge in [0.15, 0.2) is 0 Å². The Morgan fingerprint density at radius 1 is 1.60 bits per heavy atom. The van der Waals surface area contributed by atoms with Crippen molar-refractivity contribution in [2.45, 2.75) is 0 Å². The van der Waals surface area contributed by atoms with Gasteiger partial charge in [0.05, 0.1) is 0 Å². The van der Waals surface area contributed by atoms with Crippen molar-refractivity contribution < 1.29 is 0 Å². The van der Waals surface area contributed by atoms with Gasteiger partial charge in [-0.3, -0.25) is 0 Å². The van der Waals surface area contributed by atoms with Crippen LogP contribution in [0.25, 0.3) is 0 Å². The molecule has 0 aromatic carbocycles. The molecule has 6 heteroatoms. The molecule has 0 saturated carbocycles. The number of aromatic amines is 1. The standard InChI is InChI=1S/C4H5N6/c1-2-10(9-6-1)4-5-3-7-8-4/h1-2,6,9H,(H,5,7,8). The van der Waals surface area contributed by atoms with Gasteiger partial charge < -0.3 is 10.4 Å². The lowest BCUT2D eigenvalue weighted by Crippen LogP contribution is -2.35. The Morgan fingerprint density at radius 3 is 3.20 bits per heavy atom. The molecule has 1 aliphatic rings. The topological polar surface area (TPSA) is 68.9 Å². The normalized spacial score (nSPS) is 15.8. The van der Waals surface area contributed by atoms with Gasteiger partial charge >= 0.3 is 0 Å². The second-order valence-electron chi connectivity index (χ2n) is 1.70. The van der Waals surface area contributed by atoms with Crippen molar-refractivity contribution in [2.24, 2.45) is 0 Å². The maximum atomic E-state index is 3.71. The molecule has 1 aromatic heterocycles. The molecule has 0 unspecified atom stereocenters. The van der Waals surface area contributed by atoms with Gasteiger partial charge in [0, 0.05) is 12.4 Å². The van der Waals surface area contributed by atoms with Crippen molar-refractivity contribution in [3.63, 3.8) is 0 Å². The molecule has 1 aromatic rings. The van der Waals surface area contributed by atoms with E-state index in [9.17, 15) is 0 Å².